The summed E-state index contributed by atoms with van der Waals surface area (Å²) in [6.45, 7) is 3.18. The third kappa shape index (κ3) is 2.63. The predicted molar refractivity (Wildman–Crippen MR) is 103 cm³/mol. The van der Waals surface area contributed by atoms with Gasteiger partial charge in [0.05, 0.1) is 12.8 Å². The van der Waals surface area contributed by atoms with Crippen LogP contribution in [0.5, 0.6) is 5.75 Å². The Morgan fingerprint density at radius 3 is 2.57 bits per heavy atom. The SMILES string of the molecule is CCCOc1cc(-c2cnn(C)c2)c2c(c1)C(O)(C(C)(F)F)c1ccccc1-2. The molecule has 6 heteroatoms. The third-order valence-electron chi connectivity index (χ3n) is 5.21. The van der Waals surface area contributed by atoms with E-state index in [9.17, 15) is 13.9 Å². The second-order valence-electron chi connectivity index (χ2n) is 7.29. The molecule has 28 heavy (non-hydrogen) atoms. The van der Waals surface area contributed by atoms with Crippen LogP contribution in [0, 0.1) is 0 Å². The van der Waals surface area contributed by atoms with Crippen LogP contribution >= 0.6 is 0 Å². The minimum Gasteiger partial charge on any atom is -0.494 e. The number of aromatic nitrogens is 2. The number of benzene rings is 2. The molecule has 1 aliphatic rings. The van der Waals surface area contributed by atoms with Crippen LogP contribution in [-0.2, 0) is 12.6 Å². The van der Waals surface area contributed by atoms with E-state index in [1.54, 1.807) is 48.3 Å². The van der Waals surface area contributed by atoms with Gasteiger partial charge in [-0.05, 0) is 35.2 Å². The van der Waals surface area contributed by atoms with E-state index >= 15 is 0 Å². The first-order chi connectivity index (χ1) is 13.3. The summed E-state index contributed by atoms with van der Waals surface area (Å²) < 4.78 is 37.0. The molecule has 1 aliphatic carbocycles. The van der Waals surface area contributed by atoms with Crippen molar-refractivity contribution in [2.45, 2.75) is 31.8 Å². The fourth-order valence-electron chi connectivity index (χ4n) is 3.92. The van der Waals surface area contributed by atoms with Gasteiger partial charge in [0.25, 0.3) is 5.92 Å². The van der Waals surface area contributed by atoms with Gasteiger partial charge < -0.3 is 9.84 Å². The Bertz CT molecular complexity index is 1040. The van der Waals surface area contributed by atoms with Gasteiger partial charge in [0.1, 0.15) is 5.75 Å². The highest BCUT2D eigenvalue weighted by Crippen LogP contribution is 2.57. The topological polar surface area (TPSA) is 47.3 Å². The van der Waals surface area contributed by atoms with Crippen LogP contribution in [0.15, 0.2) is 48.8 Å². The van der Waals surface area contributed by atoms with Crippen molar-refractivity contribution in [1.29, 1.82) is 0 Å². The van der Waals surface area contributed by atoms with Gasteiger partial charge >= 0.3 is 0 Å². The zero-order valence-corrected chi connectivity index (χ0v) is 16.0. The number of hydrogen-bond acceptors (Lipinski definition) is 3. The number of fused-ring (bicyclic) bond motifs is 3. The van der Waals surface area contributed by atoms with E-state index < -0.39 is 11.5 Å². The summed E-state index contributed by atoms with van der Waals surface area (Å²) in [5, 5.41) is 15.5. The van der Waals surface area contributed by atoms with Crippen LogP contribution in [0.3, 0.4) is 0 Å². The summed E-state index contributed by atoms with van der Waals surface area (Å²) >= 11 is 0. The molecule has 0 bridgehead atoms. The molecule has 4 rings (SSSR count). The fourth-order valence-corrected chi connectivity index (χ4v) is 3.92. The van der Waals surface area contributed by atoms with Gasteiger partial charge in [0.15, 0.2) is 5.60 Å². The van der Waals surface area contributed by atoms with Crippen LogP contribution in [0.2, 0.25) is 0 Å². The monoisotopic (exact) mass is 384 g/mol. The van der Waals surface area contributed by atoms with Gasteiger partial charge in [-0.15, -0.1) is 0 Å². The molecule has 1 unspecified atom stereocenters. The number of alkyl halides is 2. The van der Waals surface area contributed by atoms with Crippen molar-refractivity contribution >= 4 is 0 Å². The molecule has 0 spiro atoms. The summed E-state index contributed by atoms with van der Waals surface area (Å²) in [4.78, 5) is 0. The molecule has 1 N–H and O–H groups in total. The molecule has 0 saturated carbocycles. The molecule has 2 aromatic carbocycles. The summed E-state index contributed by atoms with van der Waals surface area (Å²) in [5.74, 6) is -2.93. The molecular weight excluding hydrogens is 362 g/mol. The predicted octanol–water partition coefficient (Wildman–Crippen LogP) is 4.75. The summed E-state index contributed by atoms with van der Waals surface area (Å²) in [6.07, 6.45) is 4.29. The first-order valence-corrected chi connectivity index (χ1v) is 9.27. The number of rotatable bonds is 5. The van der Waals surface area contributed by atoms with Crippen molar-refractivity contribution in [2.24, 2.45) is 7.05 Å². The Hall–Kier alpha value is -2.73. The van der Waals surface area contributed by atoms with Crippen LogP contribution in [0.25, 0.3) is 22.3 Å². The molecule has 0 amide bonds. The maximum absolute atomic E-state index is 14.8. The lowest BCUT2D eigenvalue weighted by Crippen LogP contribution is -2.42. The highest BCUT2D eigenvalue weighted by molar-refractivity contribution is 5.93. The number of ether oxygens (including phenoxy) is 1. The van der Waals surface area contributed by atoms with E-state index in [4.69, 9.17) is 4.74 Å². The standard InChI is InChI=1S/C22H22F2N2O2/c1-4-9-28-15-10-17(14-12-25-26(3)13-14)20-16-7-5-6-8-18(16)22(27,19(20)11-15)21(2,23)24/h5-8,10-13,27H,4,9H2,1-3H3. The van der Waals surface area contributed by atoms with Crippen molar-refractivity contribution in [3.63, 3.8) is 0 Å². The zero-order chi connectivity index (χ0) is 20.1. The highest BCUT2D eigenvalue weighted by Gasteiger charge is 2.57. The van der Waals surface area contributed by atoms with Gasteiger partial charge in [0, 0.05) is 36.9 Å². The Labute approximate surface area is 162 Å². The summed E-state index contributed by atoms with van der Waals surface area (Å²) in [5.41, 5.74) is 0.618. The van der Waals surface area contributed by atoms with Crippen molar-refractivity contribution in [2.75, 3.05) is 6.61 Å². The molecule has 0 aliphatic heterocycles. The average Bonchev–Trinajstić information content (AvgIpc) is 3.20. The summed E-state index contributed by atoms with van der Waals surface area (Å²) in [7, 11) is 1.80. The first kappa shape index (κ1) is 18.6. The molecule has 0 saturated heterocycles. The van der Waals surface area contributed by atoms with Gasteiger partial charge in [0.2, 0.25) is 0 Å². The second-order valence-corrected chi connectivity index (χ2v) is 7.29. The maximum atomic E-state index is 14.8. The van der Waals surface area contributed by atoms with E-state index in [-0.39, 0.29) is 11.1 Å². The van der Waals surface area contributed by atoms with Crippen LogP contribution < -0.4 is 4.74 Å². The molecule has 1 atom stereocenters. The van der Waals surface area contributed by atoms with Crippen molar-refractivity contribution in [3.05, 3.63) is 59.9 Å². The fraction of sp³-hybridized carbons (Fsp3) is 0.318. The van der Waals surface area contributed by atoms with Gasteiger partial charge in [-0.2, -0.15) is 5.10 Å². The minimum atomic E-state index is -3.38. The Morgan fingerprint density at radius 1 is 1.18 bits per heavy atom. The molecule has 0 fully saturated rings. The van der Waals surface area contributed by atoms with Crippen molar-refractivity contribution in [3.8, 4) is 28.0 Å². The molecular formula is C22H22F2N2O2. The van der Waals surface area contributed by atoms with E-state index in [2.05, 4.69) is 5.10 Å². The second kappa shape index (κ2) is 6.41. The van der Waals surface area contributed by atoms with Gasteiger partial charge in [-0.1, -0.05) is 31.2 Å². The molecule has 3 aromatic rings. The Morgan fingerprint density at radius 2 is 1.93 bits per heavy atom. The van der Waals surface area contributed by atoms with Gasteiger partial charge in [-0.25, -0.2) is 8.78 Å². The molecule has 4 nitrogen and oxygen atoms in total. The largest absolute Gasteiger partial charge is 0.494 e. The van der Waals surface area contributed by atoms with Crippen molar-refractivity contribution in [1.82, 2.24) is 9.78 Å². The number of nitrogens with zero attached hydrogens (tertiary/aromatic N) is 2. The maximum Gasteiger partial charge on any atom is 0.281 e. The summed E-state index contributed by atoms with van der Waals surface area (Å²) in [6, 6.07) is 10.2. The number of aliphatic hydroxyl groups is 1. The van der Waals surface area contributed by atoms with Gasteiger partial charge in [-0.3, -0.25) is 4.68 Å². The van der Waals surface area contributed by atoms with Crippen LogP contribution in [0.1, 0.15) is 31.4 Å². The third-order valence-corrected chi connectivity index (χ3v) is 5.21. The Balaban J connectivity index is 2.07. The molecule has 1 heterocycles. The van der Waals surface area contributed by atoms with E-state index in [1.165, 1.54) is 0 Å². The highest BCUT2D eigenvalue weighted by atomic mass is 19.3. The van der Waals surface area contributed by atoms with Crippen LogP contribution in [0.4, 0.5) is 8.78 Å². The van der Waals surface area contributed by atoms with E-state index in [0.717, 1.165) is 18.9 Å². The number of aryl methyl sites for hydroxylation is 1. The lowest BCUT2D eigenvalue weighted by molar-refractivity contribution is -0.148. The van der Waals surface area contributed by atoms with E-state index in [0.29, 0.717) is 29.0 Å². The number of hydrogen-bond donors (Lipinski definition) is 1. The smallest absolute Gasteiger partial charge is 0.281 e. The normalized spacial score (nSPS) is 18.1. The zero-order valence-electron chi connectivity index (χ0n) is 16.0. The lowest BCUT2D eigenvalue weighted by Gasteiger charge is -2.32. The van der Waals surface area contributed by atoms with Crippen molar-refractivity contribution < 1.29 is 18.6 Å². The number of halogens is 2. The molecule has 146 valence electrons. The average molecular weight is 384 g/mol. The van der Waals surface area contributed by atoms with E-state index in [1.807, 2.05) is 19.2 Å². The minimum absolute atomic E-state index is 0.161. The molecule has 0 radical (unpaired) electrons. The Kier molecular flexibility index (Phi) is 4.27. The first-order valence-electron chi connectivity index (χ1n) is 9.27. The van der Waals surface area contributed by atoms with Crippen LogP contribution in [-0.4, -0.2) is 27.4 Å². The lowest BCUT2D eigenvalue weighted by atomic mass is 9.85. The molecule has 1 aromatic heterocycles. The quantitative estimate of drug-likeness (QED) is 0.691.